The number of rotatable bonds is 12. The van der Waals surface area contributed by atoms with Crippen LogP contribution in [0.5, 0.6) is 0 Å². The van der Waals surface area contributed by atoms with Crippen molar-refractivity contribution in [1.82, 2.24) is 23.5 Å². The summed E-state index contributed by atoms with van der Waals surface area (Å²) in [6, 6.07) is 0. The van der Waals surface area contributed by atoms with E-state index < -0.39 is 35.4 Å². The van der Waals surface area contributed by atoms with Crippen LogP contribution in [-0.2, 0) is 19.6 Å². The predicted octanol–water partition coefficient (Wildman–Crippen LogP) is -6.61. The minimum atomic E-state index is -1.09. The average molecular weight is 550 g/mol. The van der Waals surface area contributed by atoms with Gasteiger partial charge >= 0.3 is 86.0 Å². The normalized spacial score (nSPS) is 14.6. The van der Waals surface area contributed by atoms with E-state index in [1.165, 1.54) is 7.05 Å². The van der Waals surface area contributed by atoms with E-state index in [1.807, 2.05) is 0 Å². The maximum Gasteiger partial charge on any atom is 1.00 e. The topological polar surface area (TPSA) is 147 Å². The van der Waals surface area contributed by atoms with Crippen LogP contribution in [0, 0.1) is 0 Å². The third-order valence-corrected chi connectivity index (χ3v) is 4.11. The smallest absolute Gasteiger partial charge is 0.663 e. The maximum atomic E-state index is 12.8. The minimum absolute atomic E-state index is 0. The standard InChI is InChI=1S/C17H33N6O6.Cs/c1-18-6-12(24)9-21-15(27)22(10-13(25)7-19(2)3)17(29)23(16(21)28)11-14(26)8-20(4)5;/h12-14,24-26H,6-11H2,1-5H3;/q-1;+1. The molecule has 0 saturated carbocycles. The number of aliphatic hydroxyl groups is 3. The Morgan fingerprint density at radius 2 is 1.03 bits per heavy atom. The van der Waals surface area contributed by atoms with E-state index in [9.17, 15) is 29.7 Å². The number of likely N-dealkylation sites (N-methyl/N-ethyl adjacent to an activating group) is 3. The zero-order chi connectivity index (χ0) is 22.3. The molecule has 168 valence electrons. The van der Waals surface area contributed by atoms with Crippen LogP contribution in [0.15, 0.2) is 14.4 Å². The van der Waals surface area contributed by atoms with E-state index >= 15 is 0 Å². The van der Waals surface area contributed by atoms with E-state index in [1.54, 1.807) is 38.0 Å². The molecule has 3 N–H and O–H groups in total. The van der Waals surface area contributed by atoms with Crippen molar-refractivity contribution in [1.29, 1.82) is 0 Å². The van der Waals surface area contributed by atoms with Crippen LogP contribution in [0.3, 0.4) is 0 Å². The Kier molecular flexibility index (Phi) is 14.5. The second kappa shape index (κ2) is 14.4. The SMILES string of the molecule is C[N-]CC(O)Cn1c(=O)n(CC(O)CN(C)C)c(=O)n(CC(O)CN(C)C)c1=O.[Cs+]. The van der Waals surface area contributed by atoms with Gasteiger partial charge in [0.2, 0.25) is 0 Å². The zero-order valence-electron chi connectivity index (χ0n) is 18.7. The summed E-state index contributed by atoms with van der Waals surface area (Å²) in [5.74, 6) is 0. The van der Waals surface area contributed by atoms with Crippen LogP contribution in [0.2, 0.25) is 0 Å². The summed E-state index contributed by atoms with van der Waals surface area (Å²) in [5, 5.41) is 34.2. The first-order valence-electron chi connectivity index (χ1n) is 9.31. The number of aliphatic hydroxyl groups excluding tert-OH is 3. The third kappa shape index (κ3) is 9.38. The van der Waals surface area contributed by atoms with E-state index in [4.69, 9.17) is 0 Å². The van der Waals surface area contributed by atoms with Crippen LogP contribution in [0.1, 0.15) is 0 Å². The second-order valence-corrected chi connectivity index (χ2v) is 7.66. The van der Waals surface area contributed by atoms with Crippen molar-refractivity contribution in [3.8, 4) is 0 Å². The molecule has 1 aromatic rings. The Morgan fingerprint density at radius 3 is 1.30 bits per heavy atom. The molecule has 0 aliphatic carbocycles. The van der Waals surface area contributed by atoms with Gasteiger partial charge in [-0.25, -0.2) is 28.1 Å². The van der Waals surface area contributed by atoms with E-state index in [0.717, 1.165) is 13.7 Å². The largest absolute Gasteiger partial charge is 1.00 e. The Hall–Kier alpha value is 0.222. The molecule has 0 aliphatic heterocycles. The number of hydrogen-bond acceptors (Lipinski definition) is 8. The average Bonchev–Trinajstić information content (AvgIpc) is 2.58. The van der Waals surface area contributed by atoms with Crippen LogP contribution in [-0.4, -0.2) is 112 Å². The minimum Gasteiger partial charge on any atom is -0.663 e. The summed E-state index contributed by atoms with van der Waals surface area (Å²) in [6.07, 6.45) is -3.16. The van der Waals surface area contributed by atoms with Gasteiger partial charge in [0.1, 0.15) is 0 Å². The molecule has 1 aromatic heterocycles. The van der Waals surface area contributed by atoms with Crippen molar-refractivity contribution in [3.63, 3.8) is 0 Å². The van der Waals surface area contributed by atoms with Gasteiger partial charge in [-0.15, -0.1) is 6.54 Å². The number of aromatic nitrogens is 3. The van der Waals surface area contributed by atoms with Gasteiger partial charge in [-0.3, -0.25) is 0 Å². The molecule has 1 rings (SSSR count). The summed E-state index contributed by atoms with van der Waals surface area (Å²) in [7, 11) is 8.40. The van der Waals surface area contributed by atoms with E-state index in [0.29, 0.717) is 0 Å². The second-order valence-electron chi connectivity index (χ2n) is 7.66. The van der Waals surface area contributed by atoms with Crippen LogP contribution >= 0.6 is 0 Å². The van der Waals surface area contributed by atoms with Crippen molar-refractivity contribution >= 4 is 0 Å². The summed E-state index contributed by atoms with van der Waals surface area (Å²) in [6.45, 7) is -0.597. The fraction of sp³-hybridized carbons (Fsp3) is 0.824. The molecule has 3 atom stereocenters. The van der Waals surface area contributed by atoms with Crippen LogP contribution < -0.4 is 86.0 Å². The summed E-state index contributed by atoms with van der Waals surface area (Å²) in [5.41, 5.74) is -2.76. The molecule has 0 aliphatic rings. The first-order valence-corrected chi connectivity index (χ1v) is 9.31. The van der Waals surface area contributed by atoms with Gasteiger partial charge in [-0.1, -0.05) is 0 Å². The van der Waals surface area contributed by atoms with Crippen molar-refractivity contribution in [3.05, 3.63) is 36.8 Å². The monoisotopic (exact) mass is 550 g/mol. The van der Waals surface area contributed by atoms with Gasteiger partial charge in [-0.05, 0) is 28.2 Å². The molecule has 0 aromatic carbocycles. The fourth-order valence-corrected chi connectivity index (χ4v) is 3.01. The summed E-state index contributed by atoms with van der Waals surface area (Å²) in [4.78, 5) is 41.7. The quantitative estimate of drug-likeness (QED) is 0.233. The molecule has 1 heterocycles. The van der Waals surface area contributed by atoms with Gasteiger partial charge < -0.3 is 30.4 Å². The molecule has 0 fully saturated rings. The van der Waals surface area contributed by atoms with Gasteiger partial charge in [0.15, 0.2) is 0 Å². The van der Waals surface area contributed by atoms with Crippen LogP contribution in [0.4, 0.5) is 0 Å². The number of hydrogen-bond donors (Lipinski definition) is 3. The van der Waals surface area contributed by atoms with Crippen molar-refractivity contribution in [2.45, 2.75) is 37.9 Å². The van der Waals surface area contributed by atoms with E-state index in [2.05, 4.69) is 5.32 Å². The molecule has 0 bridgehead atoms. The van der Waals surface area contributed by atoms with Gasteiger partial charge in [-0.2, -0.15) is 7.05 Å². The van der Waals surface area contributed by atoms with Gasteiger partial charge in [0.05, 0.1) is 37.9 Å². The molecule has 13 heteroatoms. The molecular weight excluding hydrogens is 517 g/mol. The first-order chi connectivity index (χ1) is 13.5. The van der Waals surface area contributed by atoms with Gasteiger partial charge in [0, 0.05) is 13.1 Å². The van der Waals surface area contributed by atoms with E-state index in [-0.39, 0.29) is 108 Å². The summed E-state index contributed by atoms with van der Waals surface area (Å²) < 4.78 is 2.25. The Balaban J connectivity index is 0.00000841. The fourth-order valence-electron chi connectivity index (χ4n) is 3.01. The van der Waals surface area contributed by atoms with Crippen molar-refractivity contribution < 1.29 is 84.2 Å². The molecule has 12 nitrogen and oxygen atoms in total. The predicted molar refractivity (Wildman–Crippen MR) is 109 cm³/mol. The first kappa shape index (κ1) is 30.2. The Labute approximate surface area is 234 Å². The molecule has 3 unspecified atom stereocenters. The molecule has 30 heavy (non-hydrogen) atoms. The van der Waals surface area contributed by atoms with Crippen LogP contribution in [0.25, 0.3) is 5.32 Å². The third-order valence-electron chi connectivity index (χ3n) is 4.11. The Bertz CT molecular complexity index is 764. The molecule has 0 radical (unpaired) electrons. The molecule has 0 spiro atoms. The maximum absolute atomic E-state index is 12.8. The van der Waals surface area contributed by atoms with Crippen molar-refractivity contribution in [2.24, 2.45) is 0 Å². The van der Waals surface area contributed by atoms with Crippen molar-refractivity contribution in [2.75, 3.05) is 54.9 Å². The summed E-state index contributed by atoms with van der Waals surface area (Å²) >= 11 is 0. The molecular formula is C17H33CsN6O6. The Morgan fingerprint density at radius 1 is 0.733 bits per heavy atom. The number of nitrogens with zero attached hydrogens (tertiary/aromatic N) is 6. The molecule has 0 amide bonds. The zero-order valence-corrected chi connectivity index (χ0v) is 25.0. The van der Waals surface area contributed by atoms with Gasteiger partial charge in [0.25, 0.3) is 0 Å². The molecule has 0 saturated heterocycles.